The summed E-state index contributed by atoms with van der Waals surface area (Å²) in [5.74, 6) is -0.396. The van der Waals surface area contributed by atoms with E-state index >= 15 is 0 Å². The summed E-state index contributed by atoms with van der Waals surface area (Å²) in [6.07, 6.45) is 1.01. The van der Waals surface area contributed by atoms with Crippen molar-refractivity contribution in [1.82, 2.24) is 10.6 Å². The van der Waals surface area contributed by atoms with Crippen molar-refractivity contribution in [2.45, 2.75) is 46.6 Å². The highest BCUT2D eigenvalue weighted by Gasteiger charge is 2.14. The number of rotatable bonds is 7. The molecule has 128 valence electrons. The van der Waals surface area contributed by atoms with Gasteiger partial charge in [0, 0.05) is 24.2 Å². The third kappa shape index (κ3) is 7.28. The van der Waals surface area contributed by atoms with Gasteiger partial charge >= 0.3 is 0 Å². The van der Waals surface area contributed by atoms with Gasteiger partial charge in [0.2, 0.25) is 0 Å². The fourth-order valence-electron chi connectivity index (χ4n) is 1.97. The van der Waals surface area contributed by atoms with Crippen molar-refractivity contribution in [1.29, 1.82) is 0 Å². The normalized spacial score (nSPS) is 12.6. The van der Waals surface area contributed by atoms with Gasteiger partial charge in [-0.1, -0.05) is 34.1 Å². The van der Waals surface area contributed by atoms with E-state index in [1.54, 1.807) is 24.3 Å². The first kappa shape index (κ1) is 19.2. The molecule has 0 heterocycles. The van der Waals surface area contributed by atoms with E-state index in [0.717, 1.165) is 6.42 Å². The zero-order chi connectivity index (χ0) is 17.5. The lowest BCUT2D eigenvalue weighted by Crippen LogP contribution is -2.33. The van der Waals surface area contributed by atoms with Crippen molar-refractivity contribution in [2.24, 2.45) is 5.41 Å². The Bertz CT molecular complexity index is 518. The molecule has 0 saturated carbocycles. The number of amides is 2. The van der Waals surface area contributed by atoms with E-state index in [4.69, 9.17) is 0 Å². The summed E-state index contributed by atoms with van der Waals surface area (Å²) < 4.78 is 0. The van der Waals surface area contributed by atoms with Crippen molar-refractivity contribution < 1.29 is 14.7 Å². The molecule has 3 N–H and O–H groups in total. The molecule has 23 heavy (non-hydrogen) atoms. The number of nitrogens with one attached hydrogen (secondary N) is 2. The maximum Gasteiger partial charge on any atom is 0.251 e. The molecule has 0 saturated heterocycles. The summed E-state index contributed by atoms with van der Waals surface area (Å²) in [4.78, 5) is 24.0. The van der Waals surface area contributed by atoms with Gasteiger partial charge in [-0.3, -0.25) is 9.59 Å². The number of hydrogen-bond acceptors (Lipinski definition) is 3. The Kier molecular flexibility index (Phi) is 7.23. The van der Waals surface area contributed by atoms with Crippen LogP contribution in [-0.2, 0) is 0 Å². The van der Waals surface area contributed by atoms with Crippen molar-refractivity contribution in [3.8, 4) is 0 Å². The molecule has 1 aromatic carbocycles. The number of carbonyl (C=O) groups excluding carboxylic acids is 2. The molecule has 1 aromatic rings. The first-order valence-corrected chi connectivity index (χ1v) is 8.07. The molecule has 0 fully saturated rings. The minimum Gasteiger partial charge on any atom is -0.391 e. The Labute approximate surface area is 138 Å². The quantitative estimate of drug-likeness (QED) is 0.721. The molecule has 0 bridgehead atoms. The fraction of sp³-hybridized carbons (Fsp3) is 0.556. The summed E-state index contributed by atoms with van der Waals surface area (Å²) in [6.45, 7) is 8.95. The first-order chi connectivity index (χ1) is 10.7. The minimum atomic E-state index is -0.522. The average Bonchev–Trinajstić information content (AvgIpc) is 2.50. The minimum absolute atomic E-state index is 0.0226. The molecule has 2 amide bonds. The molecule has 1 unspecified atom stereocenters. The maximum absolute atomic E-state index is 12.0. The van der Waals surface area contributed by atoms with Gasteiger partial charge in [0.1, 0.15) is 0 Å². The topological polar surface area (TPSA) is 78.4 Å². The van der Waals surface area contributed by atoms with Gasteiger partial charge in [0.25, 0.3) is 11.8 Å². The molecule has 5 heteroatoms. The molecule has 1 atom stereocenters. The van der Waals surface area contributed by atoms with Crippen LogP contribution in [0.4, 0.5) is 0 Å². The zero-order valence-corrected chi connectivity index (χ0v) is 14.5. The predicted octanol–water partition coefficient (Wildman–Crippen LogP) is 2.35. The lowest BCUT2D eigenvalue weighted by molar-refractivity contribution is 0.0907. The molecule has 0 aliphatic carbocycles. The molecule has 0 aromatic heterocycles. The molecule has 0 spiro atoms. The van der Waals surface area contributed by atoms with E-state index in [1.165, 1.54) is 0 Å². The summed E-state index contributed by atoms with van der Waals surface area (Å²) in [5, 5.41) is 15.2. The van der Waals surface area contributed by atoms with Crippen LogP contribution >= 0.6 is 0 Å². The van der Waals surface area contributed by atoms with Gasteiger partial charge in [0.05, 0.1) is 6.10 Å². The number of carbonyl (C=O) groups is 2. The Morgan fingerprint density at radius 1 is 1.04 bits per heavy atom. The average molecular weight is 320 g/mol. The van der Waals surface area contributed by atoms with Crippen molar-refractivity contribution >= 4 is 11.8 Å². The number of benzene rings is 1. The third-order valence-corrected chi connectivity index (χ3v) is 3.31. The van der Waals surface area contributed by atoms with Crippen LogP contribution in [0.3, 0.4) is 0 Å². The fourth-order valence-corrected chi connectivity index (χ4v) is 1.97. The highest BCUT2D eigenvalue weighted by Crippen LogP contribution is 2.11. The van der Waals surface area contributed by atoms with Crippen molar-refractivity contribution in [2.75, 3.05) is 13.1 Å². The van der Waals surface area contributed by atoms with Crippen LogP contribution in [0.15, 0.2) is 24.3 Å². The molecule has 0 radical (unpaired) electrons. The zero-order valence-electron chi connectivity index (χ0n) is 14.5. The van der Waals surface area contributed by atoms with Gasteiger partial charge in [0.15, 0.2) is 0 Å². The SMILES string of the molecule is CCCC(O)CNC(=O)c1ccc(C(=O)NCC(C)(C)C)cc1. The summed E-state index contributed by atoms with van der Waals surface area (Å²) >= 11 is 0. The van der Waals surface area contributed by atoms with Gasteiger partial charge < -0.3 is 15.7 Å². The van der Waals surface area contributed by atoms with Crippen LogP contribution in [0.2, 0.25) is 0 Å². The van der Waals surface area contributed by atoms with E-state index < -0.39 is 6.10 Å². The van der Waals surface area contributed by atoms with E-state index in [-0.39, 0.29) is 23.8 Å². The third-order valence-electron chi connectivity index (χ3n) is 3.31. The Morgan fingerprint density at radius 2 is 1.52 bits per heavy atom. The number of aliphatic hydroxyl groups is 1. The predicted molar refractivity (Wildman–Crippen MR) is 91.5 cm³/mol. The second kappa shape index (κ2) is 8.67. The second-order valence-electron chi connectivity index (χ2n) is 6.97. The lowest BCUT2D eigenvalue weighted by atomic mass is 9.97. The Hall–Kier alpha value is -1.88. The highest BCUT2D eigenvalue weighted by molar-refractivity contribution is 5.97. The van der Waals surface area contributed by atoms with E-state index in [9.17, 15) is 14.7 Å². The Morgan fingerprint density at radius 3 is 1.96 bits per heavy atom. The van der Waals surface area contributed by atoms with Crippen LogP contribution < -0.4 is 10.6 Å². The lowest BCUT2D eigenvalue weighted by Gasteiger charge is -2.18. The first-order valence-electron chi connectivity index (χ1n) is 8.07. The second-order valence-corrected chi connectivity index (χ2v) is 6.97. The standard InChI is InChI=1S/C18H28N2O3/c1-5-6-15(21)11-19-16(22)13-7-9-14(10-8-13)17(23)20-12-18(2,3)4/h7-10,15,21H,5-6,11-12H2,1-4H3,(H,19,22)(H,20,23). The van der Waals surface area contributed by atoms with E-state index in [2.05, 4.69) is 10.6 Å². The maximum atomic E-state index is 12.0. The molecule has 1 rings (SSSR count). The monoisotopic (exact) mass is 320 g/mol. The van der Waals surface area contributed by atoms with Crippen LogP contribution in [0, 0.1) is 5.41 Å². The largest absolute Gasteiger partial charge is 0.391 e. The number of aliphatic hydroxyl groups excluding tert-OH is 1. The summed E-state index contributed by atoms with van der Waals surface area (Å²) in [7, 11) is 0. The number of hydrogen-bond donors (Lipinski definition) is 3. The molecular formula is C18H28N2O3. The van der Waals surface area contributed by atoms with Gasteiger partial charge in [-0.05, 0) is 36.1 Å². The molecule has 0 aliphatic rings. The summed E-state index contributed by atoms with van der Waals surface area (Å²) in [5.41, 5.74) is 1.02. The van der Waals surface area contributed by atoms with E-state index in [1.807, 2.05) is 27.7 Å². The molecular weight excluding hydrogens is 292 g/mol. The Balaban J connectivity index is 2.55. The van der Waals surface area contributed by atoms with Gasteiger partial charge in [-0.25, -0.2) is 0 Å². The smallest absolute Gasteiger partial charge is 0.251 e. The van der Waals surface area contributed by atoms with Gasteiger partial charge in [-0.2, -0.15) is 0 Å². The van der Waals surface area contributed by atoms with E-state index in [0.29, 0.717) is 24.1 Å². The highest BCUT2D eigenvalue weighted by atomic mass is 16.3. The van der Waals surface area contributed by atoms with Gasteiger partial charge in [-0.15, -0.1) is 0 Å². The molecule has 0 aliphatic heterocycles. The van der Waals surface area contributed by atoms with Crippen molar-refractivity contribution in [3.05, 3.63) is 35.4 Å². The van der Waals surface area contributed by atoms with Crippen molar-refractivity contribution in [3.63, 3.8) is 0 Å². The van der Waals surface area contributed by atoms with Crippen LogP contribution in [0.5, 0.6) is 0 Å². The van der Waals surface area contributed by atoms with Crippen LogP contribution in [0.25, 0.3) is 0 Å². The van der Waals surface area contributed by atoms with Crippen LogP contribution in [-0.4, -0.2) is 36.1 Å². The van der Waals surface area contributed by atoms with Crippen LogP contribution in [0.1, 0.15) is 61.3 Å². The molecule has 5 nitrogen and oxygen atoms in total. The summed E-state index contributed by atoms with van der Waals surface area (Å²) in [6, 6.07) is 6.51.